The van der Waals surface area contributed by atoms with E-state index in [1.54, 1.807) is 12.1 Å². The molecule has 0 amide bonds. The minimum Gasteiger partial charge on any atom is -0.493 e. The first kappa shape index (κ1) is 23.2. The lowest BCUT2D eigenvalue weighted by atomic mass is 9.92. The number of carbonyl (C=O) groups is 1. The number of nitrogens with zero attached hydrogens (tertiary/aromatic N) is 1. The fourth-order valence-corrected chi connectivity index (χ4v) is 3.97. The predicted octanol–water partition coefficient (Wildman–Crippen LogP) is 6.01. The number of halogens is 3. The lowest BCUT2D eigenvalue weighted by molar-refractivity contribution is -0.108. The van der Waals surface area contributed by atoms with E-state index in [1.165, 1.54) is 26.6 Å². The van der Waals surface area contributed by atoms with Gasteiger partial charge in [0.1, 0.15) is 6.29 Å². The number of aromatic nitrogens is 1. The van der Waals surface area contributed by atoms with Crippen molar-refractivity contribution in [1.82, 2.24) is 4.98 Å². The number of aldehydes is 1. The van der Waals surface area contributed by atoms with Crippen molar-refractivity contribution >= 4 is 41.1 Å². The quantitative estimate of drug-likeness (QED) is 0.351. The maximum atomic E-state index is 12.2. The van der Waals surface area contributed by atoms with Crippen LogP contribution in [0, 0.1) is 0 Å². The Morgan fingerprint density at radius 1 is 0.935 bits per heavy atom. The van der Waals surface area contributed by atoms with E-state index in [0.717, 1.165) is 11.8 Å². The van der Waals surface area contributed by atoms with Gasteiger partial charge in [-0.15, -0.1) is 0 Å². The number of ether oxygens (including phenoxy) is 3. The first-order chi connectivity index (χ1) is 15.0. The zero-order chi connectivity index (χ0) is 22.4. The van der Waals surface area contributed by atoms with Crippen LogP contribution in [0.15, 0.2) is 48.8 Å². The molecule has 5 nitrogen and oxygen atoms in total. The molecule has 0 aliphatic heterocycles. The van der Waals surface area contributed by atoms with Crippen LogP contribution in [0.1, 0.15) is 22.6 Å². The largest absolute Gasteiger partial charge is 0.493 e. The molecule has 0 aliphatic carbocycles. The van der Waals surface area contributed by atoms with Gasteiger partial charge in [-0.3, -0.25) is 4.98 Å². The molecule has 0 aliphatic rings. The van der Waals surface area contributed by atoms with E-state index >= 15 is 0 Å². The van der Waals surface area contributed by atoms with Crippen molar-refractivity contribution < 1.29 is 19.0 Å². The van der Waals surface area contributed by atoms with E-state index in [0.29, 0.717) is 46.4 Å². The van der Waals surface area contributed by atoms with Crippen LogP contribution in [0.4, 0.5) is 0 Å². The second-order valence-corrected chi connectivity index (χ2v) is 7.83. The molecule has 0 saturated carbocycles. The molecule has 0 N–H and O–H groups in total. The summed E-state index contributed by atoms with van der Waals surface area (Å²) in [5, 5.41) is 1.24. The topological polar surface area (TPSA) is 57.7 Å². The van der Waals surface area contributed by atoms with E-state index in [-0.39, 0.29) is 10.0 Å². The van der Waals surface area contributed by atoms with Gasteiger partial charge in [-0.25, -0.2) is 0 Å². The molecule has 0 bridgehead atoms. The second-order valence-electron chi connectivity index (χ2n) is 6.57. The lowest BCUT2D eigenvalue weighted by Gasteiger charge is -2.21. The molecule has 31 heavy (non-hydrogen) atoms. The highest BCUT2D eigenvalue weighted by Gasteiger charge is 2.27. The standard InChI is InChI=1S/C23H20Cl3NO4/c1-29-20-8-7-16(17(13-28)21-18(25)11-27-12-19(21)26)22(23(20)30-2)31-10-9-14-3-5-15(24)6-4-14/h3-8,11-13,17H,9-10H2,1-2H3. The van der Waals surface area contributed by atoms with Gasteiger partial charge < -0.3 is 19.0 Å². The molecule has 2 aromatic carbocycles. The SMILES string of the molecule is COc1ccc(C(C=O)c2c(Cl)cncc2Cl)c(OCCc2ccc(Cl)cc2)c1OC. The van der Waals surface area contributed by atoms with Crippen molar-refractivity contribution in [2.75, 3.05) is 20.8 Å². The normalized spacial score (nSPS) is 11.6. The number of benzene rings is 2. The number of pyridine rings is 1. The van der Waals surface area contributed by atoms with E-state index in [9.17, 15) is 4.79 Å². The highest BCUT2D eigenvalue weighted by Crippen LogP contribution is 2.45. The van der Waals surface area contributed by atoms with Gasteiger partial charge in [-0.05, 0) is 23.8 Å². The summed E-state index contributed by atoms with van der Waals surface area (Å²) in [5.74, 6) is 0.457. The van der Waals surface area contributed by atoms with Gasteiger partial charge in [0.15, 0.2) is 11.5 Å². The Balaban J connectivity index is 2.01. The van der Waals surface area contributed by atoms with Gasteiger partial charge in [-0.1, -0.05) is 53.0 Å². The summed E-state index contributed by atoms with van der Waals surface area (Å²) in [6.07, 6.45) is 4.28. The molecule has 1 atom stereocenters. The highest BCUT2D eigenvalue weighted by molar-refractivity contribution is 6.36. The van der Waals surface area contributed by atoms with Crippen LogP contribution < -0.4 is 14.2 Å². The molecule has 0 saturated heterocycles. The monoisotopic (exact) mass is 479 g/mol. The van der Waals surface area contributed by atoms with Crippen LogP contribution in [0.5, 0.6) is 17.2 Å². The Bertz CT molecular complexity index is 1040. The fourth-order valence-electron chi connectivity index (χ4n) is 3.24. The van der Waals surface area contributed by atoms with Crippen molar-refractivity contribution in [3.8, 4) is 17.2 Å². The molecule has 0 spiro atoms. The Morgan fingerprint density at radius 2 is 1.61 bits per heavy atom. The van der Waals surface area contributed by atoms with Crippen LogP contribution >= 0.6 is 34.8 Å². The van der Waals surface area contributed by atoms with Crippen LogP contribution in [0.2, 0.25) is 15.1 Å². The molecule has 1 heterocycles. The molecule has 1 aromatic heterocycles. The first-order valence-corrected chi connectivity index (χ1v) is 10.5. The summed E-state index contributed by atoms with van der Waals surface area (Å²) in [6, 6.07) is 11.0. The number of rotatable bonds is 9. The molecule has 162 valence electrons. The molecule has 1 unspecified atom stereocenters. The van der Waals surface area contributed by atoms with Gasteiger partial charge >= 0.3 is 0 Å². The van der Waals surface area contributed by atoms with Gasteiger partial charge in [0.05, 0.1) is 36.8 Å². The van der Waals surface area contributed by atoms with Crippen molar-refractivity contribution in [2.45, 2.75) is 12.3 Å². The van der Waals surface area contributed by atoms with Crippen molar-refractivity contribution in [3.63, 3.8) is 0 Å². The molecular formula is C23H20Cl3NO4. The predicted molar refractivity (Wildman–Crippen MR) is 122 cm³/mol. The second kappa shape index (κ2) is 10.7. The summed E-state index contributed by atoms with van der Waals surface area (Å²) in [7, 11) is 3.04. The number of hydrogen-bond donors (Lipinski definition) is 0. The van der Waals surface area contributed by atoms with Crippen LogP contribution in [0.3, 0.4) is 0 Å². The van der Waals surface area contributed by atoms with Crippen LogP contribution in [0.25, 0.3) is 0 Å². The maximum absolute atomic E-state index is 12.2. The molecule has 0 fully saturated rings. The Kier molecular flexibility index (Phi) is 8.02. The number of hydrogen-bond acceptors (Lipinski definition) is 5. The average Bonchev–Trinajstić information content (AvgIpc) is 2.77. The summed E-state index contributed by atoms with van der Waals surface area (Å²) in [6.45, 7) is 0.335. The van der Waals surface area contributed by atoms with Crippen molar-refractivity contribution in [2.24, 2.45) is 0 Å². The summed E-state index contributed by atoms with van der Waals surface area (Å²) >= 11 is 18.6. The van der Waals surface area contributed by atoms with Gasteiger partial charge in [0.25, 0.3) is 0 Å². The van der Waals surface area contributed by atoms with Gasteiger partial charge in [0.2, 0.25) is 5.75 Å². The molecule has 8 heteroatoms. The fraction of sp³-hybridized carbons (Fsp3) is 0.217. The first-order valence-electron chi connectivity index (χ1n) is 9.36. The Hall–Kier alpha value is -2.47. The Morgan fingerprint density at radius 3 is 2.19 bits per heavy atom. The van der Waals surface area contributed by atoms with Crippen LogP contribution in [-0.2, 0) is 11.2 Å². The average molecular weight is 481 g/mol. The third-order valence-corrected chi connectivity index (χ3v) is 5.61. The minimum atomic E-state index is -0.784. The molecular weight excluding hydrogens is 461 g/mol. The highest BCUT2D eigenvalue weighted by atomic mass is 35.5. The van der Waals surface area contributed by atoms with E-state index in [4.69, 9.17) is 49.0 Å². The number of carbonyl (C=O) groups excluding carboxylic acids is 1. The summed E-state index contributed by atoms with van der Waals surface area (Å²) < 4.78 is 17.1. The molecule has 3 aromatic rings. The third-order valence-electron chi connectivity index (χ3n) is 4.75. The van der Waals surface area contributed by atoms with E-state index in [2.05, 4.69) is 4.98 Å². The van der Waals surface area contributed by atoms with Crippen LogP contribution in [-0.4, -0.2) is 32.1 Å². The van der Waals surface area contributed by atoms with Gasteiger partial charge in [0, 0.05) is 35.0 Å². The van der Waals surface area contributed by atoms with Crippen molar-refractivity contribution in [1.29, 1.82) is 0 Å². The summed E-state index contributed by atoms with van der Waals surface area (Å²) in [5.41, 5.74) is 2.06. The zero-order valence-electron chi connectivity index (χ0n) is 16.9. The smallest absolute Gasteiger partial charge is 0.203 e. The summed E-state index contributed by atoms with van der Waals surface area (Å²) in [4.78, 5) is 16.1. The van der Waals surface area contributed by atoms with Crippen molar-refractivity contribution in [3.05, 3.63) is 80.6 Å². The lowest BCUT2D eigenvalue weighted by Crippen LogP contribution is -2.11. The van der Waals surface area contributed by atoms with E-state index < -0.39 is 5.92 Å². The number of methoxy groups -OCH3 is 2. The molecule has 3 rings (SSSR count). The van der Waals surface area contributed by atoms with Gasteiger partial charge in [-0.2, -0.15) is 0 Å². The zero-order valence-corrected chi connectivity index (χ0v) is 19.2. The minimum absolute atomic E-state index is 0.284. The molecule has 0 radical (unpaired) electrons. The Labute approximate surface area is 195 Å². The van der Waals surface area contributed by atoms with E-state index in [1.807, 2.05) is 24.3 Å². The third kappa shape index (κ3) is 5.24. The maximum Gasteiger partial charge on any atom is 0.203 e.